The van der Waals surface area contributed by atoms with Gasteiger partial charge in [0.25, 0.3) is 0 Å². The highest BCUT2D eigenvalue weighted by Crippen LogP contribution is 2.39. The van der Waals surface area contributed by atoms with Crippen molar-refractivity contribution in [2.75, 3.05) is 40.4 Å². The van der Waals surface area contributed by atoms with Crippen LogP contribution in [0, 0.1) is 5.92 Å². The number of nitrogens with zero attached hydrogens (tertiary/aromatic N) is 1. The van der Waals surface area contributed by atoms with Gasteiger partial charge in [-0.1, -0.05) is 6.92 Å². The summed E-state index contributed by atoms with van der Waals surface area (Å²) >= 11 is 0. The van der Waals surface area contributed by atoms with Crippen molar-refractivity contribution in [1.29, 1.82) is 0 Å². The average molecular weight is 363 g/mol. The fourth-order valence-corrected chi connectivity index (χ4v) is 3.32. The molecule has 3 amide bonds. The number of hydrogen-bond acceptors (Lipinski definition) is 4. The van der Waals surface area contributed by atoms with Crippen LogP contribution in [0.15, 0.2) is 18.2 Å². The molecule has 7 heteroatoms. The number of methoxy groups -OCH3 is 2. The topological polar surface area (TPSA) is 79.9 Å². The van der Waals surface area contributed by atoms with Gasteiger partial charge in [-0.15, -0.1) is 0 Å². The highest BCUT2D eigenvalue weighted by Gasteiger charge is 2.41. The Balaban J connectivity index is 2.34. The van der Waals surface area contributed by atoms with Gasteiger partial charge in [-0.2, -0.15) is 0 Å². The summed E-state index contributed by atoms with van der Waals surface area (Å²) in [6.45, 7) is 5.90. The van der Waals surface area contributed by atoms with E-state index in [1.807, 2.05) is 32.0 Å². The lowest BCUT2D eigenvalue weighted by atomic mass is 9.87. The summed E-state index contributed by atoms with van der Waals surface area (Å²) in [6, 6.07) is 5.41. The number of carbonyl (C=O) groups excluding carboxylic acids is 2. The molecule has 144 valence electrons. The van der Waals surface area contributed by atoms with E-state index in [1.54, 1.807) is 19.1 Å². The maximum Gasteiger partial charge on any atom is 0.317 e. The first kappa shape index (κ1) is 19.9. The molecule has 0 unspecified atom stereocenters. The summed E-state index contributed by atoms with van der Waals surface area (Å²) in [4.78, 5) is 26.7. The van der Waals surface area contributed by atoms with Crippen molar-refractivity contribution in [3.8, 4) is 11.5 Å². The Morgan fingerprint density at radius 2 is 1.92 bits per heavy atom. The third-order valence-corrected chi connectivity index (χ3v) is 4.66. The van der Waals surface area contributed by atoms with E-state index in [4.69, 9.17) is 9.47 Å². The Morgan fingerprint density at radius 3 is 2.54 bits per heavy atom. The van der Waals surface area contributed by atoms with Crippen molar-refractivity contribution in [2.45, 2.75) is 26.2 Å². The van der Waals surface area contributed by atoms with Crippen LogP contribution in [0.5, 0.6) is 11.5 Å². The van der Waals surface area contributed by atoms with E-state index >= 15 is 0 Å². The fourth-order valence-electron chi connectivity index (χ4n) is 3.32. The highest BCUT2D eigenvalue weighted by atomic mass is 16.5. The molecule has 0 bridgehead atoms. The lowest BCUT2D eigenvalue weighted by molar-refractivity contribution is -0.124. The van der Waals surface area contributed by atoms with Gasteiger partial charge in [-0.05, 0) is 31.5 Å². The number of carbonyl (C=O) groups is 2. The number of nitrogens with one attached hydrogen (secondary N) is 2. The summed E-state index contributed by atoms with van der Waals surface area (Å²) in [5.74, 6) is 0.880. The van der Waals surface area contributed by atoms with Crippen molar-refractivity contribution in [3.63, 3.8) is 0 Å². The van der Waals surface area contributed by atoms with E-state index in [-0.39, 0.29) is 23.8 Å². The van der Waals surface area contributed by atoms with Crippen LogP contribution in [0.2, 0.25) is 0 Å². The molecule has 2 atom stereocenters. The minimum atomic E-state index is -0.329. The van der Waals surface area contributed by atoms with Crippen LogP contribution in [0.1, 0.15) is 31.7 Å². The molecule has 1 aliphatic heterocycles. The van der Waals surface area contributed by atoms with Gasteiger partial charge in [0.1, 0.15) is 11.5 Å². The van der Waals surface area contributed by atoms with E-state index in [2.05, 4.69) is 10.6 Å². The quantitative estimate of drug-likeness (QED) is 0.776. The van der Waals surface area contributed by atoms with Crippen LogP contribution < -0.4 is 20.1 Å². The minimum Gasteiger partial charge on any atom is -0.497 e. The molecule has 7 nitrogen and oxygen atoms in total. The minimum absolute atomic E-state index is 0.0338. The van der Waals surface area contributed by atoms with Crippen molar-refractivity contribution in [2.24, 2.45) is 5.92 Å². The Kier molecular flexibility index (Phi) is 7.12. The number of amides is 3. The van der Waals surface area contributed by atoms with E-state index in [1.165, 1.54) is 0 Å². The first-order valence-corrected chi connectivity index (χ1v) is 9.08. The summed E-state index contributed by atoms with van der Waals surface area (Å²) < 4.78 is 10.8. The number of likely N-dealkylation sites (tertiary alicyclic amines) is 1. The van der Waals surface area contributed by atoms with Gasteiger partial charge in [-0.25, -0.2) is 4.79 Å². The van der Waals surface area contributed by atoms with Gasteiger partial charge in [-0.3, -0.25) is 4.79 Å². The Labute approximate surface area is 155 Å². The largest absolute Gasteiger partial charge is 0.497 e. The van der Waals surface area contributed by atoms with E-state index in [0.717, 1.165) is 12.0 Å². The third-order valence-electron chi connectivity index (χ3n) is 4.66. The second kappa shape index (κ2) is 9.31. The number of ether oxygens (including phenoxy) is 2. The molecule has 1 aromatic carbocycles. The molecule has 0 spiro atoms. The Hall–Kier alpha value is -2.44. The predicted octanol–water partition coefficient (Wildman–Crippen LogP) is 1.97. The molecule has 26 heavy (non-hydrogen) atoms. The second-order valence-electron chi connectivity index (χ2n) is 6.35. The van der Waals surface area contributed by atoms with Gasteiger partial charge < -0.3 is 25.0 Å². The summed E-state index contributed by atoms with van der Waals surface area (Å²) in [5, 5.41) is 5.77. The SMILES string of the molecule is CCCNC(=O)[C@H]1CN(C(=O)NCC)C[C@H]1c1cc(OC)ccc1OC. The molecular formula is C19H29N3O4. The number of benzene rings is 1. The molecule has 0 radical (unpaired) electrons. The molecule has 1 aromatic rings. The van der Waals surface area contributed by atoms with Gasteiger partial charge in [0.15, 0.2) is 0 Å². The predicted molar refractivity (Wildman–Crippen MR) is 99.7 cm³/mol. The molecule has 1 saturated heterocycles. The lowest BCUT2D eigenvalue weighted by Crippen LogP contribution is -2.40. The average Bonchev–Trinajstić information content (AvgIpc) is 3.11. The van der Waals surface area contributed by atoms with E-state index in [0.29, 0.717) is 37.7 Å². The molecule has 1 heterocycles. The van der Waals surface area contributed by atoms with Gasteiger partial charge in [0.05, 0.1) is 20.1 Å². The molecule has 0 aliphatic carbocycles. The normalized spacial score (nSPS) is 19.2. The molecular weight excluding hydrogens is 334 g/mol. The van der Waals surface area contributed by atoms with Crippen LogP contribution in [0.3, 0.4) is 0 Å². The lowest BCUT2D eigenvalue weighted by Gasteiger charge is -2.21. The fraction of sp³-hybridized carbons (Fsp3) is 0.579. The van der Waals surface area contributed by atoms with E-state index < -0.39 is 0 Å². The zero-order valence-electron chi connectivity index (χ0n) is 16.0. The van der Waals surface area contributed by atoms with Gasteiger partial charge >= 0.3 is 6.03 Å². The highest BCUT2D eigenvalue weighted by molar-refractivity contribution is 5.83. The molecule has 0 saturated carbocycles. The maximum absolute atomic E-state index is 12.7. The first-order chi connectivity index (χ1) is 12.5. The third kappa shape index (κ3) is 4.39. The smallest absolute Gasteiger partial charge is 0.317 e. The molecule has 1 fully saturated rings. The van der Waals surface area contributed by atoms with Crippen molar-refractivity contribution < 1.29 is 19.1 Å². The Morgan fingerprint density at radius 1 is 1.15 bits per heavy atom. The van der Waals surface area contributed by atoms with Crippen LogP contribution in [0.4, 0.5) is 4.79 Å². The zero-order chi connectivity index (χ0) is 19.1. The summed E-state index contributed by atoms with van der Waals surface area (Å²) in [7, 11) is 3.21. The summed E-state index contributed by atoms with van der Waals surface area (Å²) in [6.07, 6.45) is 0.867. The van der Waals surface area contributed by atoms with Crippen LogP contribution in [0.25, 0.3) is 0 Å². The van der Waals surface area contributed by atoms with Crippen molar-refractivity contribution >= 4 is 11.9 Å². The summed E-state index contributed by atoms with van der Waals surface area (Å²) in [5.41, 5.74) is 0.885. The van der Waals surface area contributed by atoms with Crippen molar-refractivity contribution in [1.82, 2.24) is 15.5 Å². The zero-order valence-corrected chi connectivity index (χ0v) is 16.0. The number of rotatable bonds is 7. The molecule has 2 rings (SSSR count). The van der Waals surface area contributed by atoms with Crippen LogP contribution in [-0.4, -0.2) is 57.2 Å². The van der Waals surface area contributed by atoms with Crippen LogP contribution >= 0.6 is 0 Å². The van der Waals surface area contributed by atoms with Gasteiger partial charge in [0.2, 0.25) is 5.91 Å². The second-order valence-corrected chi connectivity index (χ2v) is 6.35. The molecule has 0 aromatic heterocycles. The first-order valence-electron chi connectivity index (χ1n) is 9.08. The number of urea groups is 1. The van der Waals surface area contributed by atoms with Crippen LogP contribution in [-0.2, 0) is 4.79 Å². The Bertz CT molecular complexity index is 635. The van der Waals surface area contributed by atoms with Gasteiger partial charge in [0, 0.05) is 37.7 Å². The van der Waals surface area contributed by atoms with Crippen molar-refractivity contribution in [3.05, 3.63) is 23.8 Å². The monoisotopic (exact) mass is 363 g/mol. The molecule has 1 aliphatic rings. The number of hydrogen-bond donors (Lipinski definition) is 2. The van der Waals surface area contributed by atoms with E-state index in [9.17, 15) is 9.59 Å². The molecule has 2 N–H and O–H groups in total. The maximum atomic E-state index is 12.7. The standard InChI is InChI=1S/C19H29N3O4/c1-5-9-21-18(23)16-12-22(19(24)20-6-2)11-15(16)14-10-13(25-3)7-8-17(14)26-4/h7-8,10,15-16H,5-6,9,11-12H2,1-4H3,(H,20,24)(H,21,23)/t15-,16-/m0/s1.